The maximum absolute atomic E-state index is 4.41. The molecule has 2 heterocycles. The minimum absolute atomic E-state index is 0.624. The SMILES string of the molecule is BrCC1CCCCN1c1ccccn1. The van der Waals surface area contributed by atoms with Gasteiger partial charge < -0.3 is 4.90 Å². The molecule has 1 atom stereocenters. The highest BCUT2D eigenvalue weighted by atomic mass is 79.9. The zero-order chi connectivity index (χ0) is 9.80. The Morgan fingerprint density at radius 2 is 2.36 bits per heavy atom. The molecule has 1 aliphatic rings. The minimum atomic E-state index is 0.624. The molecule has 0 radical (unpaired) electrons. The van der Waals surface area contributed by atoms with Gasteiger partial charge in [0.2, 0.25) is 0 Å². The molecule has 0 amide bonds. The lowest BCUT2D eigenvalue weighted by molar-refractivity contribution is 0.487. The van der Waals surface area contributed by atoms with Gasteiger partial charge in [0.05, 0.1) is 0 Å². The van der Waals surface area contributed by atoms with Crippen LogP contribution in [0.3, 0.4) is 0 Å². The van der Waals surface area contributed by atoms with Crippen LogP contribution in [0.25, 0.3) is 0 Å². The summed E-state index contributed by atoms with van der Waals surface area (Å²) in [4.78, 5) is 6.82. The van der Waals surface area contributed by atoms with Crippen molar-refractivity contribution in [1.82, 2.24) is 4.98 Å². The first-order valence-electron chi connectivity index (χ1n) is 5.15. The van der Waals surface area contributed by atoms with Gasteiger partial charge in [-0.3, -0.25) is 0 Å². The molecular weight excluding hydrogens is 240 g/mol. The van der Waals surface area contributed by atoms with Crippen molar-refractivity contribution in [3.63, 3.8) is 0 Å². The van der Waals surface area contributed by atoms with E-state index in [4.69, 9.17) is 0 Å². The third-order valence-corrected chi connectivity index (χ3v) is 3.50. The predicted octanol–water partition coefficient (Wildman–Crippen LogP) is 2.84. The molecule has 14 heavy (non-hydrogen) atoms. The van der Waals surface area contributed by atoms with Gasteiger partial charge in [0, 0.05) is 24.1 Å². The molecule has 76 valence electrons. The molecule has 0 spiro atoms. The fraction of sp³-hybridized carbons (Fsp3) is 0.545. The number of nitrogens with zero attached hydrogens (tertiary/aromatic N) is 2. The second-order valence-corrected chi connectivity index (χ2v) is 4.33. The monoisotopic (exact) mass is 254 g/mol. The van der Waals surface area contributed by atoms with Crippen molar-refractivity contribution >= 4 is 21.7 Å². The Bertz CT molecular complexity index is 276. The minimum Gasteiger partial charge on any atom is -0.353 e. The highest BCUT2D eigenvalue weighted by Gasteiger charge is 2.21. The average Bonchev–Trinajstić information content (AvgIpc) is 2.30. The smallest absolute Gasteiger partial charge is 0.128 e. The number of pyridine rings is 1. The van der Waals surface area contributed by atoms with Crippen LogP contribution in [0.15, 0.2) is 24.4 Å². The number of alkyl halides is 1. The van der Waals surface area contributed by atoms with E-state index in [0.29, 0.717) is 6.04 Å². The Labute approximate surface area is 93.5 Å². The summed E-state index contributed by atoms with van der Waals surface area (Å²) in [5.41, 5.74) is 0. The molecule has 1 aromatic rings. The normalized spacial score (nSPS) is 22.4. The fourth-order valence-electron chi connectivity index (χ4n) is 1.99. The summed E-state index contributed by atoms with van der Waals surface area (Å²) in [7, 11) is 0. The van der Waals surface area contributed by atoms with Gasteiger partial charge in [0.25, 0.3) is 0 Å². The number of rotatable bonds is 2. The van der Waals surface area contributed by atoms with Gasteiger partial charge in [-0.05, 0) is 31.4 Å². The van der Waals surface area contributed by atoms with Crippen LogP contribution in [0, 0.1) is 0 Å². The summed E-state index contributed by atoms with van der Waals surface area (Å²) in [6, 6.07) is 6.75. The molecular formula is C11H15BrN2. The third-order valence-electron chi connectivity index (χ3n) is 2.75. The number of hydrogen-bond donors (Lipinski definition) is 0. The Morgan fingerprint density at radius 3 is 3.07 bits per heavy atom. The van der Waals surface area contributed by atoms with Crippen molar-refractivity contribution in [2.75, 3.05) is 16.8 Å². The maximum Gasteiger partial charge on any atom is 0.128 e. The quantitative estimate of drug-likeness (QED) is 0.755. The molecule has 1 fully saturated rings. The molecule has 0 bridgehead atoms. The molecule has 1 saturated heterocycles. The lowest BCUT2D eigenvalue weighted by Crippen LogP contribution is -2.41. The van der Waals surface area contributed by atoms with Crippen molar-refractivity contribution in [3.05, 3.63) is 24.4 Å². The Hall–Kier alpha value is -0.570. The van der Waals surface area contributed by atoms with Crippen LogP contribution in [0.2, 0.25) is 0 Å². The van der Waals surface area contributed by atoms with Gasteiger partial charge in [-0.25, -0.2) is 4.98 Å². The standard InChI is InChI=1S/C11H15BrN2/c12-9-10-5-2-4-8-14(10)11-6-1-3-7-13-11/h1,3,6-7,10H,2,4-5,8-9H2. The number of hydrogen-bond acceptors (Lipinski definition) is 2. The summed E-state index contributed by atoms with van der Waals surface area (Å²) in [5.74, 6) is 1.12. The summed E-state index contributed by atoms with van der Waals surface area (Å²) in [6.07, 6.45) is 5.79. The van der Waals surface area contributed by atoms with Crippen molar-refractivity contribution in [3.8, 4) is 0 Å². The molecule has 2 rings (SSSR count). The van der Waals surface area contributed by atoms with E-state index in [-0.39, 0.29) is 0 Å². The van der Waals surface area contributed by atoms with Gasteiger partial charge in [-0.15, -0.1) is 0 Å². The highest BCUT2D eigenvalue weighted by molar-refractivity contribution is 9.09. The molecule has 0 N–H and O–H groups in total. The number of halogens is 1. The van der Waals surface area contributed by atoms with Crippen LogP contribution in [-0.4, -0.2) is 22.9 Å². The predicted molar refractivity (Wildman–Crippen MR) is 63.0 cm³/mol. The Morgan fingerprint density at radius 1 is 1.43 bits per heavy atom. The zero-order valence-corrected chi connectivity index (χ0v) is 9.78. The summed E-state index contributed by atoms with van der Waals surface area (Å²) < 4.78 is 0. The van der Waals surface area contributed by atoms with Crippen molar-refractivity contribution in [1.29, 1.82) is 0 Å². The van der Waals surface area contributed by atoms with Gasteiger partial charge in [0.15, 0.2) is 0 Å². The highest BCUT2D eigenvalue weighted by Crippen LogP contribution is 2.23. The summed E-state index contributed by atoms with van der Waals surface area (Å²) in [5, 5.41) is 1.05. The number of aromatic nitrogens is 1. The largest absolute Gasteiger partial charge is 0.353 e. The van der Waals surface area contributed by atoms with E-state index < -0.39 is 0 Å². The number of piperidine rings is 1. The second-order valence-electron chi connectivity index (χ2n) is 3.69. The van der Waals surface area contributed by atoms with E-state index in [9.17, 15) is 0 Å². The maximum atomic E-state index is 4.41. The van der Waals surface area contributed by atoms with Crippen molar-refractivity contribution < 1.29 is 0 Å². The first kappa shape index (κ1) is 9.97. The van der Waals surface area contributed by atoms with Crippen LogP contribution in [0.1, 0.15) is 19.3 Å². The van der Waals surface area contributed by atoms with Crippen LogP contribution >= 0.6 is 15.9 Å². The van der Waals surface area contributed by atoms with E-state index in [0.717, 1.165) is 17.7 Å². The first-order chi connectivity index (χ1) is 6.92. The van der Waals surface area contributed by atoms with Gasteiger partial charge in [-0.2, -0.15) is 0 Å². The molecule has 3 heteroatoms. The van der Waals surface area contributed by atoms with E-state index in [2.05, 4.69) is 37.9 Å². The number of anilines is 1. The zero-order valence-electron chi connectivity index (χ0n) is 8.19. The summed E-state index contributed by atoms with van der Waals surface area (Å²) in [6.45, 7) is 1.15. The molecule has 0 aromatic carbocycles. The summed E-state index contributed by atoms with van der Waals surface area (Å²) >= 11 is 3.58. The molecule has 1 unspecified atom stereocenters. The van der Waals surface area contributed by atoms with Crippen LogP contribution < -0.4 is 4.90 Å². The molecule has 0 saturated carbocycles. The van der Waals surface area contributed by atoms with E-state index >= 15 is 0 Å². The topological polar surface area (TPSA) is 16.1 Å². The fourth-order valence-corrected chi connectivity index (χ4v) is 2.66. The molecule has 1 aliphatic heterocycles. The molecule has 2 nitrogen and oxygen atoms in total. The van der Waals surface area contributed by atoms with Crippen LogP contribution in [0.5, 0.6) is 0 Å². The third kappa shape index (κ3) is 2.08. The van der Waals surface area contributed by atoms with Crippen LogP contribution in [-0.2, 0) is 0 Å². The Balaban J connectivity index is 2.15. The van der Waals surface area contributed by atoms with E-state index in [1.165, 1.54) is 19.3 Å². The van der Waals surface area contributed by atoms with Gasteiger partial charge in [0.1, 0.15) is 5.82 Å². The average molecular weight is 255 g/mol. The van der Waals surface area contributed by atoms with Crippen molar-refractivity contribution in [2.45, 2.75) is 25.3 Å². The van der Waals surface area contributed by atoms with E-state index in [1.807, 2.05) is 12.3 Å². The lowest BCUT2D eigenvalue weighted by Gasteiger charge is -2.35. The molecule has 1 aromatic heterocycles. The Kier molecular flexibility index (Phi) is 3.40. The second kappa shape index (κ2) is 4.78. The van der Waals surface area contributed by atoms with Gasteiger partial charge >= 0.3 is 0 Å². The van der Waals surface area contributed by atoms with Crippen molar-refractivity contribution in [2.24, 2.45) is 0 Å². The lowest BCUT2D eigenvalue weighted by atomic mass is 10.0. The molecule has 0 aliphatic carbocycles. The van der Waals surface area contributed by atoms with E-state index in [1.54, 1.807) is 0 Å². The van der Waals surface area contributed by atoms with Gasteiger partial charge in [-0.1, -0.05) is 22.0 Å². The van der Waals surface area contributed by atoms with Crippen LogP contribution in [0.4, 0.5) is 5.82 Å². The first-order valence-corrected chi connectivity index (χ1v) is 6.27.